The number of Topliss-reactive ketones (excluding diaryl/α,β-unsaturated/α-hetero) is 1. The summed E-state index contributed by atoms with van der Waals surface area (Å²) in [6.45, 7) is 0.200. The van der Waals surface area contributed by atoms with E-state index in [1.807, 2.05) is 59.2 Å². The van der Waals surface area contributed by atoms with E-state index in [4.69, 9.17) is 5.73 Å². The van der Waals surface area contributed by atoms with Gasteiger partial charge in [0.25, 0.3) is 0 Å². The van der Waals surface area contributed by atoms with E-state index in [2.05, 4.69) is 11.1 Å². The smallest absolute Gasteiger partial charge is 0.309 e. The molecular weight excluding hydrogens is 430 g/mol. The number of ketones is 1. The number of carbonyl (C=O) groups is 3. The summed E-state index contributed by atoms with van der Waals surface area (Å²) in [6.07, 6.45) is -0.327. The highest BCUT2D eigenvalue weighted by Gasteiger charge is 2.31. The summed E-state index contributed by atoms with van der Waals surface area (Å²) in [7, 11) is 0. The maximum Gasteiger partial charge on any atom is 0.309 e. The zero-order chi connectivity index (χ0) is 23.8. The lowest BCUT2D eigenvalue weighted by Crippen LogP contribution is -2.24. The van der Waals surface area contributed by atoms with E-state index in [1.165, 1.54) is 0 Å². The standard InChI is InChI=1S/C27H21N3O4/c28-27(34)19-10-5-11-21-24(19)25-22(31)14-29-20(13-23(32)33)26(25)30(21)15-16-6-4-9-18(12-16)17-7-2-1-3-8-17/h1-12H,13-15H2,(H2,28,34)(H,32,33). The molecule has 5 rings (SSSR count). The predicted molar refractivity (Wildman–Crippen MR) is 129 cm³/mol. The lowest BCUT2D eigenvalue weighted by atomic mass is 9.96. The Bertz CT molecular complexity index is 1500. The van der Waals surface area contributed by atoms with Gasteiger partial charge in [0.2, 0.25) is 5.91 Å². The number of hydrogen-bond donors (Lipinski definition) is 2. The third-order valence-corrected chi connectivity index (χ3v) is 6.01. The summed E-state index contributed by atoms with van der Waals surface area (Å²) < 4.78 is 1.88. The summed E-state index contributed by atoms with van der Waals surface area (Å²) in [5, 5.41) is 9.92. The normalized spacial score (nSPS) is 12.9. The number of rotatable bonds is 6. The Hall–Kier alpha value is -4.52. The molecule has 34 heavy (non-hydrogen) atoms. The number of aliphatic imine (C=N–C) groups is 1. The fourth-order valence-corrected chi connectivity index (χ4v) is 4.61. The molecule has 0 spiro atoms. The summed E-state index contributed by atoms with van der Waals surface area (Å²) in [4.78, 5) is 41.1. The number of nitrogens with zero attached hydrogens (tertiary/aromatic N) is 2. The molecule has 1 aromatic heterocycles. The SMILES string of the molecule is NC(=O)c1cccc2c1c1c(n2Cc2cccc(-c3ccccc3)c2)C(CC(=O)O)=NCC1=O. The maximum atomic E-state index is 13.0. The number of carbonyl (C=O) groups excluding carboxylic acids is 2. The monoisotopic (exact) mass is 451 g/mol. The molecule has 3 aromatic carbocycles. The third kappa shape index (κ3) is 3.67. The lowest BCUT2D eigenvalue weighted by Gasteiger charge is -2.17. The largest absolute Gasteiger partial charge is 0.481 e. The van der Waals surface area contributed by atoms with Crippen LogP contribution >= 0.6 is 0 Å². The molecule has 1 amide bonds. The molecule has 7 heteroatoms. The van der Waals surface area contributed by atoms with Gasteiger partial charge in [0.05, 0.1) is 28.9 Å². The first-order valence-corrected chi connectivity index (χ1v) is 10.8. The zero-order valence-corrected chi connectivity index (χ0v) is 18.2. The van der Waals surface area contributed by atoms with Gasteiger partial charge in [-0.3, -0.25) is 19.4 Å². The fraction of sp³-hybridized carbons (Fsp3) is 0.111. The molecule has 3 N–H and O–H groups in total. The van der Waals surface area contributed by atoms with Crippen molar-refractivity contribution >= 4 is 34.3 Å². The number of primary amides is 1. The molecule has 0 bridgehead atoms. The average Bonchev–Trinajstić information content (AvgIpc) is 3.16. The van der Waals surface area contributed by atoms with E-state index in [0.29, 0.717) is 34.4 Å². The van der Waals surface area contributed by atoms with Gasteiger partial charge in [-0.2, -0.15) is 0 Å². The van der Waals surface area contributed by atoms with Crippen molar-refractivity contribution in [2.24, 2.45) is 10.7 Å². The van der Waals surface area contributed by atoms with Gasteiger partial charge in [0.1, 0.15) is 6.54 Å². The summed E-state index contributed by atoms with van der Waals surface area (Å²) in [6, 6.07) is 23.1. The van der Waals surface area contributed by atoms with Crippen LogP contribution in [0.1, 0.15) is 38.4 Å². The van der Waals surface area contributed by atoms with E-state index in [9.17, 15) is 19.5 Å². The Morgan fingerprint density at radius 1 is 0.971 bits per heavy atom. The Kier molecular flexibility index (Phi) is 5.30. The second kappa shape index (κ2) is 8.44. The zero-order valence-electron chi connectivity index (χ0n) is 18.2. The van der Waals surface area contributed by atoms with E-state index in [-0.39, 0.29) is 24.3 Å². The molecule has 0 aliphatic carbocycles. The fourth-order valence-electron chi connectivity index (χ4n) is 4.61. The van der Waals surface area contributed by atoms with Crippen molar-refractivity contribution in [1.82, 2.24) is 4.57 Å². The van der Waals surface area contributed by atoms with Gasteiger partial charge in [0.15, 0.2) is 5.78 Å². The van der Waals surface area contributed by atoms with Gasteiger partial charge in [-0.25, -0.2) is 0 Å². The number of aromatic nitrogens is 1. The lowest BCUT2D eigenvalue weighted by molar-refractivity contribution is -0.135. The van der Waals surface area contributed by atoms with E-state index < -0.39 is 11.9 Å². The number of aliphatic carboxylic acids is 1. The number of nitrogens with two attached hydrogens (primary N) is 1. The van der Waals surface area contributed by atoms with Crippen LogP contribution in [0.5, 0.6) is 0 Å². The van der Waals surface area contributed by atoms with Gasteiger partial charge < -0.3 is 15.4 Å². The van der Waals surface area contributed by atoms with Gasteiger partial charge in [0, 0.05) is 17.5 Å². The summed E-state index contributed by atoms with van der Waals surface area (Å²) >= 11 is 0. The minimum atomic E-state index is -1.04. The van der Waals surface area contributed by atoms with Crippen LogP contribution in [0.4, 0.5) is 0 Å². The van der Waals surface area contributed by atoms with Crippen LogP contribution in [0.25, 0.3) is 22.0 Å². The highest BCUT2D eigenvalue weighted by molar-refractivity contribution is 6.26. The Morgan fingerprint density at radius 3 is 2.44 bits per heavy atom. The van der Waals surface area contributed by atoms with Crippen molar-refractivity contribution in [2.75, 3.05) is 6.54 Å². The van der Waals surface area contributed by atoms with Crippen molar-refractivity contribution in [3.63, 3.8) is 0 Å². The highest BCUT2D eigenvalue weighted by Crippen LogP contribution is 2.34. The number of carboxylic acids is 1. The van der Waals surface area contributed by atoms with Crippen LogP contribution in [-0.4, -0.2) is 39.6 Å². The highest BCUT2D eigenvalue weighted by atomic mass is 16.4. The van der Waals surface area contributed by atoms with Crippen LogP contribution in [0.2, 0.25) is 0 Å². The van der Waals surface area contributed by atoms with Crippen molar-refractivity contribution in [3.05, 3.63) is 95.2 Å². The van der Waals surface area contributed by atoms with Crippen molar-refractivity contribution < 1.29 is 19.5 Å². The van der Waals surface area contributed by atoms with Gasteiger partial charge in [-0.1, -0.05) is 54.6 Å². The second-order valence-electron chi connectivity index (χ2n) is 8.20. The van der Waals surface area contributed by atoms with Gasteiger partial charge in [-0.05, 0) is 34.9 Å². The number of fused-ring (bicyclic) bond motifs is 3. The second-order valence-corrected chi connectivity index (χ2v) is 8.20. The van der Waals surface area contributed by atoms with Crippen LogP contribution in [0.3, 0.4) is 0 Å². The van der Waals surface area contributed by atoms with E-state index >= 15 is 0 Å². The minimum Gasteiger partial charge on any atom is -0.481 e. The predicted octanol–water partition coefficient (Wildman–Crippen LogP) is 3.92. The molecule has 4 aromatic rings. The Labute approximate surface area is 195 Å². The van der Waals surface area contributed by atoms with Gasteiger partial charge in [-0.15, -0.1) is 0 Å². The number of hydrogen-bond acceptors (Lipinski definition) is 4. The molecule has 0 saturated heterocycles. The number of amides is 1. The molecule has 0 radical (unpaired) electrons. The van der Waals surface area contributed by atoms with Crippen molar-refractivity contribution in [2.45, 2.75) is 13.0 Å². The first-order chi connectivity index (χ1) is 16.4. The van der Waals surface area contributed by atoms with Gasteiger partial charge >= 0.3 is 5.97 Å². The third-order valence-electron chi connectivity index (χ3n) is 6.01. The molecule has 0 atom stereocenters. The number of benzene rings is 3. The summed E-state index contributed by atoms with van der Waals surface area (Å²) in [5.74, 6) is -1.96. The van der Waals surface area contributed by atoms with E-state index in [1.54, 1.807) is 12.1 Å². The molecular formula is C27H21N3O4. The average molecular weight is 451 g/mol. The number of carboxylic acid groups (broad SMARTS) is 1. The minimum absolute atomic E-state index is 0.161. The molecule has 0 unspecified atom stereocenters. The maximum absolute atomic E-state index is 13.0. The molecule has 7 nitrogen and oxygen atoms in total. The van der Waals surface area contributed by atoms with Crippen molar-refractivity contribution in [1.29, 1.82) is 0 Å². The molecule has 0 fully saturated rings. The topological polar surface area (TPSA) is 115 Å². The van der Waals surface area contributed by atoms with Crippen molar-refractivity contribution in [3.8, 4) is 11.1 Å². The van der Waals surface area contributed by atoms with Crippen LogP contribution in [-0.2, 0) is 11.3 Å². The molecule has 1 aliphatic heterocycles. The quantitative estimate of drug-likeness (QED) is 0.462. The molecule has 168 valence electrons. The van der Waals surface area contributed by atoms with Crippen LogP contribution < -0.4 is 5.73 Å². The molecule has 2 heterocycles. The van der Waals surface area contributed by atoms with Crippen LogP contribution in [0.15, 0.2) is 77.8 Å². The molecule has 0 saturated carbocycles. The van der Waals surface area contributed by atoms with E-state index in [0.717, 1.165) is 16.7 Å². The Morgan fingerprint density at radius 2 is 1.71 bits per heavy atom. The molecule has 1 aliphatic rings. The first kappa shape index (κ1) is 21.3. The van der Waals surface area contributed by atoms with Crippen LogP contribution in [0, 0.1) is 0 Å². The summed E-state index contributed by atoms with van der Waals surface area (Å²) in [5.41, 5.74) is 10.6. The first-order valence-electron chi connectivity index (χ1n) is 10.8. The Balaban J connectivity index is 1.73.